The molecule has 1 aliphatic rings. The van der Waals surface area contributed by atoms with Crippen molar-refractivity contribution in [1.29, 1.82) is 0 Å². The van der Waals surface area contributed by atoms with Crippen molar-refractivity contribution < 1.29 is 29.0 Å². The van der Waals surface area contributed by atoms with Gasteiger partial charge in [0.25, 0.3) is 0 Å². The van der Waals surface area contributed by atoms with E-state index < -0.39 is 35.8 Å². The van der Waals surface area contributed by atoms with Crippen LogP contribution in [0, 0.1) is 0 Å². The first-order chi connectivity index (χ1) is 17.6. The van der Waals surface area contributed by atoms with Crippen LogP contribution in [-0.2, 0) is 20.7 Å². The van der Waals surface area contributed by atoms with Crippen LogP contribution in [0.3, 0.4) is 0 Å². The molecule has 0 aliphatic heterocycles. The van der Waals surface area contributed by atoms with Crippen LogP contribution in [0.1, 0.15) is 43.5 Å². The molecule has 1 aliphatic carbocycles. The molecule has 0 aromatic heterocycles. The van der Waals surface area contributed by atoms with Gasteiger partial charge in [0.1, 0.15) is 11.6 Å². The molecule has 3 aromatic carbocycles. The fraction of sp³-hybridized carbons (Fsp3) is 0.276. The third-order valence-electron chi connectivity index (χ3n) is 6.11. The summed E-state index contributed by atoms with van der Waals surface area (Å²) in [5, 5.41) is 12.9. The number of methoxy groups -OCH3 is 1. The molecule has 4 rings (SSSR count). The molecule has 0 unspecified atom stereocenters. The quantitative estimate of drug-likeness (QED) is 0.437. The fourth-order valence-electron chi connectivity index (χ4n) is 4.62. The smallest absolute Gasteiger partial charge is 0.412 e. The predicted octanol–water partition coefficient (Wildman–Crippen LogP) is 5.87. The Balaban J connectivity index is 1.64. The van der Waals surface area contributed by atoms with E-state index in [1.165, 1.54) is 12.0 Å². The average molecular weight is 503 g/mol. The number of carboxylic acid groups (broad SMARTS) is 1. The van der Waals surface area contributed by atoms with Gasteiger partial charge in [0, 0.05) is 12.1 Å². The molecule has 2 N–H and O–H groups in total. The maximum Gasteiger partial charge on any atom is 0.412 e. The predicted molar refractivity (Wildman–Crippen MR) is 139 cm³/mol. The number of carboxylic acids is 1. The molecule has 192 valence electrons. The molecular formula is C29H30N2O6. The van der Waals surface area contributed by atoms with Gasteiger partial charge in [-0.15, -0.1) is 0 Å². The molecule has 2 amide bonds. The van der Waals surface area contributed by atoms with Crippen LogP contribution < -0.4 is 5.32 Å². The summed E-state index contributed by atoms with van der Waals surface area (Å²) in [7, 11) is 1.25. The number of carbonyl (C=O) groups excluding carboxylic acids is 2. The zero-order chi connectivity index (χ0) is 26.7. The number of fused-ring (bicyclic) bond motifs is 3. The molecule has 0 bridgehead atoms. The van der Waals surface area contributed by atoms with Crippen LogP contribution in [0.25, 0.3) is 11.1 Å². The highest BCUT2D eigenvalue weighted by Crippen LogP contribution is 2.47. The largest absolute Gasteiger partial charge is 0.480 e. The number of nitrogens with one attached hydrogen (secondary N) is 1. The van der Waals surface area contributed by atoms with Crippen LogP contribution in [0.4, 0.5) is 15.3 Å². The first kappa shape index (κ1) is 25.8. The topological polar surface area (TPSA) is 105 Å². The molecule has 8 heteroatoms. The third-order valence-corrected chi connectivity index (χ3v) is 6.11. The first-order valence-electron chi connectivity index (χ1n) is 12.0. The highest BCUT2D eigenvalue weighted by Gasteiger charge is 2.42. The lowest BCUT2D eigenvalue weighted by molar-refractivity contribution is -0.143. The summed E-state index contributed by atoms with van der Waals surface area (Å²) in [5.41, 5.74) is 4.16. The molecule has 0 heterocycles. The second-order valence-electron chi connectivity index (χ2n) is 9.84. The van der Waals surface area contributed by atoms with E-state index >= 15 is 0 Å². The molecule has 0 spiro atoms. The highest BCUT2D eigenvalue weighted by molar-refractivity contribution is 5.86. The summed E-state index contributed by atoms with van der Waals surface area (Å²) in [4.78, 5) is 39.1. The number of anilines is 1. The number of amides is 2. The van der Waals surface area contributed by atoms with Crippen molar-refractivity contribution in [2.45, 2.75) is 44.9 Å². The van der Waals surface area contributed by atoms with Crippen molar-refractivity contribution in [3.63, 3.8) is 0 Å². The van der Waals surface area contributed by atoms with Crippen molar-refractivity contribution in [3.05, 3.63) is 89.5 Å². The Morgan fingerprint density at radius 2 is 1.46 bits per heavy atom. The molecular weight excluding hydrogens is 472 g/mol. The lowest BCUT2D eigenvalue weighted by Gasteiger charge is -2.34. The minimum atomic E-state index is -1.21. The zero-order valence-electron chi connectivity index (χ0n) is 21.2. The molecule has 8 nitrogen and oxygen atoms in total. The lowest BCUT2D eigenvalue weighted by atomic mass is 9.98. The Morgan fingerprint density at radius 1 is 0.919 bits per heavy atom. The summed E-state index contributed by atoms with van der Waals surface area (Å²) in [6, 6.07) is 20.3. The lowest BCUT2D eigenvalue weighted by Crippen LogP contribution is -2.48. The Bertz CT molecular complexity index is 1270. The number of carbonyl (C=O) groups is 3. The van der Waals surface area contributed by atoms with E-state index in [9.17, 15) is 19.5 Å². The third kappa shape index (κ3) is 5.58. The van der Waals surface area contributed by atoms with Crippen molar-refractivity contribution >= 4 is 23.8 Å². The first-order valence-corrected chi connectivity index (χ1v) is 12.0. The summed E-state index contributed by atoms with van der Waals surface area (Å²) < 4.78 is 10.4. The van der Waals surface area contributed by atoms with Crippen LogP contribution in [0.15, 0.2) is 72.8 Å². The van der Waals surface area contributed by atoms with E-state index in [0.717, 1.165) is 22.3 Å². The maximum absolute atomic E-state index is 13.1. The number of aliphatic carboxylic acids is 1. The van der Waals surface area contributed by atoms with Gasteiger partial charge in [-0.25, -0.2) is 14.4 Å². The van der Waals surface area contributed by atoms with Gasteiger partial charge in [0.2, 0.25) is 0 Å². The van der Waals surface area contributed by atoms with Gasteiger partial charge in [-0.05, 0) is 60.7 Å². The SMILES string of the molecule is COC(=O)N(C1c2ccccc2-c2ccccc21)[C@@H](Cc1ccc(NC(=O)OC(C)(C)C)cc1)C(=O)O. The number of benzene rings is 3. The Labute approximate surface area is 215 Å². The fourth-order valence-corrected chi connectivity index (χ4v) is 4.62. The second-order valence-corrected chi connectivity index (χ2v) is 9.84. The second kappa shape index (κ2) is 10.3. The zero-order valence-corrected chi connectivity index (χ0v) is 21.2. The standard InChI is InChI=1S/C29H30N2O6/c1-29(2,3)37-27(34)30-19-15-13-18(14-16-19)17-24(26(32)33)31(28(35)36-4)25-22-11-7-5-9-20(22)21-10-6-8-12-23(21)25/h5-16,24-25H,17H2,1-4H3,(H,30,34)(H,32,33)/t24-/m0/s1. The van der Waals surface area contributed by atoms with Crippen molar-refractivity contribution in [2.75, 3.05) is 12.4 Å². The van der Waals surface area contributed by atoms with Crippen molar-refractivity contribution in [3.8, 4) is 11.1 Å². The van der Waals surface area contributed by atoms with Crippen molar-refractivity contribution in [2.24, 2.45) is 0 Å². The van der Waals surface area contributed by atoms with E-state index in [2.05, 4.69) is 5.32 Å². The summed E-state index contributed by atoms with van der Waals surface area (Å²) in [6.07, 6.45) is -1.27. The van der Waals surface area contributed by atoms with Crippen LogP contribution in [-0.4, -0.2) is 46.9 Å². The summed E-state index contributed by atoms with van der Waals surface area (Å²) in [6.45, 7) is 5.32. The van der Waals surface area contributed by atoms with E-state index in [4.69, 9.17) is 9.47 Å². The van der Waals surface area contributed by atoms with Crippen LogP contribution >= 0.6 is 0 Å². The molecule has 1 atom stereocenters. The molecule has 0 fully saturated rings. The van der Waals surface area contributed by atoms with Crippen LogP contribution in [0.5, 0.6) is 0 Å². The number of nitrogens with zero attached hydrogens (tertiary/aromatic N) is 1. The van der Waals surface area contributed by atoms with E-state index in [0.29, 0.717) is 11.3 Å². The summed E-state index contributed by atoms with van der Waals surface area (Å²) in [5.74, 6) is -1.15. The van der Waals surface area contributed by atoms with Gasteiger partial charge in [-0.2, -0.15) is 0 Å². The van der Waals surface area contributed by atoms with Crippen LogP contribution in [0.2, 0.25) is 0 Å². The molecule has 3 aromatic rings. The number of hydrogen-bond acceptors (Lipinski definition) is 5. The minimum absolute atomic E-state index is 0.0397. The number of rotatable bonds is 6. The van der Waals surface area contributed by atoms with E-state index in [1.54, 1.807) is 45.0 Å². The average Bonchev–Trinajstić information content (AvgIpc) is 3.17. The van der Waals surface area contributed by atoms with E-state index in [1.807, 2.05) is 48.5 Å². The van der Waals surface area contributed by atoms with Gasteiger partial charge in [-0.1, -0.05) is 60.7 Å². The minimum Gasteiger partial charge on any atom is -0.480 e. The van der Waals surface area contributed by atoms with Gasteiger partial charge >= 0.3 is 18.2 Å². The highest BCUT2D eigenvalue weighted by atomic mass is 16.6. The van der Waals surface area contributed by atoms with E-state index in [-0.39, 0.29) is 6.42 Å². The van der Waals surface area contributed by atoms with Gasteiger partial charge < -0.3 is 14.6 Å². The van der Waals surface area contributed by atoms with Crippen molar-refractivity contribution in [1.82, 2.24) is 4.90 Å². The summed E-state index contributed by atoms with van der Waals surface area (Å²) >= 11 is 0. The monoisotopic (exact) mass is 502 g/mol. The van der Waals surface area contributed by atoms with Gasteiger partial charge in [0.05, 0.1) is 13.2 Å². The maximum atomic E-state index is 13.1. The van der Waals surface area contributed by atoms with Gasteiger partial charge in [0.15, 0.2) is 0 Å². The molecule has 0 saturated carbocycles. The normalized spacial score (nSPS) is 13.2. The Hall–Kier alpha value is -4.33. The Kier molecular flexibility index (Phi) is 7.20. The molecule has 0 radical (unpaired) electrons. The Morgan fingerprint density at radius 3 is 1.95 bits per heavy atom. The van der Waals surface area contributed by atoms with Gasteiger partial charge in [-0.3, -0.25) is 10.2 Å². The molecule has 0 saturated heterocycles. The molecule has 37 heavy (non-hydrogen) atoms. The number of hydrogen-bond donors (Lipinski definition) is 2. The number of ether oxygens (including phenoxy) is 2.